The summed E-state index contributed by atoms with van der Waals surface area (Å²) in [7, 11) is -3.57. The van der Waals surface area contributed by atoms with Crippen LogP contribution in [0.1, 0.15) is 36.2 Å². The van der Waals surface area contributed by atoms with Gasteiger partial charge in [-0.05, 0) is 24.5 Å². The lowest BCUT2D eigenvalue weighted by Crippen LogP contribution is -2.33. The first kappa shape index (κ1) is 20.5. The SMILES string of the molecule is C=C1CN(S(=O)(=O)c2ccc(C)cc2)CC1C(C)(C)CC(=O)c1ccccc1. The fraction of sp³-hybridized carbons (Fsp3) is 0.348. The van der Waals surface area contributed by atoms with Crippen LogP contribution < -0.4 is 0 Å². The minimum absolute atomic E-state index is 0.0678. The molecule has 1 heterocycles. The Bertz CT molecular complexity index is 976. The van der Waals surface area contributed by atoms with Gasteiger partial charge in [-0.15, -0.1) is 0 Å². The molecule has 3 rings (SSSR count). The number of sulfonamides is 1. The number of hydrogen-bond donors (Lipinski definition) is 0. The second-order valence-electron chi connectivity index (χ2n) is 8.28. The van der Waals surface area contributed by atoms with Crippen molar-refractivity contribution in [1.82, 2.24) is 4.31 Å². The van der Waals surface area contributed by atoms with Crippen LogP contribution >= 0.6 is 0 Å². The molecule has 1 atom stereocenters. The van der Waals surface area contributed by atoms with Gasteiger partial charge >= 0.3 is 0 Å². The normalized spacial score (nSPS) is 18.4. The lowest BCUT2D eigenvalue weighted by Gasteiger charge is -2.31. The maximum absolute atomic E-state index is 13.0. The number of ketones is 1. The van der Waals surface area contributed by atoms with E-state index in [1.807, 2.05) is 51.1 Å². The maximum Gasteiger partial charge on any atom is 0.243 e. The van der Waals surface area contributed by atoms with Crippen molar-refractivity contribution in [2.24, 2.45) is 11.3 Å². The molecule has 28 heavy (non-hydrogen) atoms. The van der Waals surface area contributed by atoms with Crippen LogP contribution in [0, 0.1) is 18.3 Å². The summed E-state index contributed by atoms with van der Waals surface area (Å²) in [5, 5.41) is 0. The highest BCUT2D eigenvalue weighted by Crippen LogP contribution is 2.41. The third-order valence-corrected chi connectivity index (χ3v) is 7.40. The van der Waals surface area contributed by atoms with E-state index < -0.39 is 10.0 Å². The third-order valence-electron chi connectivity index (χ3n) is 5.57. The van der Waals surface area contributed by atoms with Crippen molar-refractivity contribution in [1.29, 1.82) is 0 Å². The van der Waals surface area contributed by atoms with Gasteiger partial charge < -0.3 is 0 Å². The molecular formula is C23H27NO3S. The lowest BCUT2D eigenvalue weighted by atomic mass is 9.72. The Hall–Kier alpha value is -2.24. The number of carbonyl (C=O) groups excluding carboxylic acids is 1. The fourth-order valence-electron chi connectivity index (χ4n) is 3.84. The van der Waals surface area contributed by atoms with Crippen molar-refractivity contribution in [3.05, 3.63) is 77.9 Å². The van der Waals surface area contributed by atoms with Gasteiger partial charge in [0, 0.05) is 31.0 Å². The molecule has 148 valence electrons. The molecule has 1 aliphatic rings. The highest BCUT2D eigenvalue weighted by Gasteiger charge is 2.42. The molecule has 0 amide bonds. The first-order valence-corrected chi connectivity index (χ1v) is 10.9. The summed E-state index contributed by atoms with van der Waals surface area (Å²) in [6, 6.07) is 16.1. The third kappa shape index (κ3) is 4.10. The molecule has 0 aliphatic carbocycles. The van der Waals surface area contributed by atoms with E-state index in [0.717, 1.165) is 11.1 Å². The largest absolute Gasteiger partial charge is 0.294 e. The Morgan fingerprint density at radius 3 is 2.32 bits per heavy atom. The summed E-state index contributed by atoms with van der Waals surface area (Å²) >= 11 is 0. The summed E-state index contributed by atoms with van der Waals surface area (Å²) in [5.74, 6) is -0.00127. The van der Waals surface area contributed by atoms with E-state index >= 15 is 0 Å². The summed E-state index contributed by atoms with van der Waals surface area (Å²) in [6.07, 6.45) is 0.346. The van der Waals surface area contributed by atoms with Gasteiger partial charge in [0.25, 0.3) is 0 Å². The number of aryl methyl sites for hydroxylation is 1. The zero-order chi connectivity index (χ0) is 20.5. The van der Waals surface area contributed by atoms with Gasteiger partial charge in [-0.25, -0.2) is 8.42 Å². The van der Waals surface area contributed by atoms with Crippen LogP contribution in [0.25, 0.3) is 0 Å². The highest BCUT2D eigenvalue weighted by molar-refractivity contribution is 7.89. The fourth-order valence-corrected chi connectivity index (χ4v) is 5.30. The van der Waals surface area contributed by atoms with E-state index in [2.05, 4.69) is 6.58 Å². The maximum atomic E-state index is 13.0. The molecule has 0 bridgehead atoms. The van der Waals surface area contributed by atoms with Crippen molar-refractivity contribution < 1.29 is 13.2 Å². The number of Topliss-reactive ketones (excluding diaryl/α,β-unsaturated/α-hetero) is 1. The van der Waals surface area contributed by atoms with E-state index in [4.69, 9.17) is 0 Å². The standard InChI is InChI=1S/C23H27NO3S/c1-17-10-12-20(13-11-17)28(26,27)24-15-18(2)21(16-24)23(3,4)14-22(25)19-8-6-5-7-9-19/h5-13,21H,2,14-16H2,1,3-4H3. The lowest BCUT2D eigenvalue weighted by molar-refractivity contribution is 0.0900. The van der Waals surface area contributed by atoms with Gasteiger partial charge in [0.15, 0.2) is 5.78 Å². The van der Waals surface area contributed by atoms with Gasteiger partial charge in [0.2, 0.25) is 10.0 Å². The molecule has 0 saturated carbocycles. The molecule has 0 radical (unpaired) electrons. The van der Waals surface area contributed by atoms with E-state index in [1.165, 1.54) is 4.31 Å². The Morgan fingerprint density at radius 2 is 1.71 bits per heavy atom. The molecule has 1 fully saturated rings. The van der Waals surface area contributed by atoms with Crippen molar-refractivity contribution in [3.63, 3.8) is 0 Å². The van der Waals surface area contributed by atoms with E-state index in [9.17, 15) is 13.2 Å². The topological polar surface area (TPSA) is 54.5 Å². The van der Waals surface area contributed by atoms with Crippen LogP contribution in [0.4, 0.5) is 0 Å². The highest BCUT2D eigenvalue weighted by atomic mass is 32.2. The first-order valence-electron chi connectivity index (χ1n) is 9.44. The smallest absolute Gasteiger partial charge is 0.243 e. The first-order chi connectivity index (χ1) is 13.1. The summed E-state index contributed by atoms with van der Waals surface area (Å²) in [4.78, 5) is 13.0. The van der Waals surface area contributed by atoms with Crippen LogP contribution in [-0.2, 0) is 10.0 Å². The Labute approximate surface area is 167 Å². The number of hydrogen-bond acceptors (Lipinski definition) is 3. The van der Waals surface area contributed by atoms with Crippen molar-refractivity contribution in [3.8, 4) is 0 Å². The second kappa shape index (κ2) is 7.64. The molecular weight excluding hydrogens is 370 g/mol. The predicted molar refractivity (Wildman–Crippen MR) is 112 cm³/mol. The molecule has 1 saturated heterocycles. The summed E-state index contributed by atoms with van der Waals surface area (Å²) in [5.41, 5.74) is 2.18. The van der Waals surface area contributed by atoms with E-state index in [-0.39, 0.29) is 17.1 Å². The van der Waals surface area contributed by atoms with Gasteiger partial charge in [-0.1, -0.05) is 74.0 Å². The Balaban J connectivity index is 1.77. The molecule has 2 aromatic carbocycles. The quantitative estimate of drug-likeness (QED) is 0.534. The molecule has 0 aromatic heterocycles. The van der Waals surface area contributed by atoms with Gasteiger partial charge in [-0.3, -0.25) is 4.79 Å². The van der Waals surface area contributed by atoms with Crippen LogP contribution in [-0.4, -0.2) is 31.6 Å². The van der Waals surface area contributed by atoms with Crippen LogP contribution in [0.2, 0.25) is 0 Å². The molecule has 2 aromatic rings. The molecule has 0 spiro atoms. The number of carbonyl (C=O) groups is 1. The van der Waals surface area contributed by atoms with Crippen molar-refractivity contribution in [2.45, 2.75) is 32.1 Å². The van der Waals surface area contributed by atoms with Crippen LogP contribution in [0.15, 0.2) is 71.6 Å². The second-order valence-corrected chi connectivity index (χ2v) is 10.2. The van der Waals surface area contributed by atoms with E-state index in [0.29, 0.717) is 30.0 Å². The zero-order valence-electron chi connectivity index (χ0n) is 16.7. The van der Waals surface area contributed by atoms with Gasteiger partial charge in [0.05, 0.1) is 4.90 Å². The average Bonchev–Trinajstić information content (AvgIpc) is 3.06. The van der Waals surface area contributed by atoms with Crippen molar-refractivity contribution >= 4 is 15.8 Å². The Kier molecular flexibility index (Phi) is 5.60. The minimum Gasteiger partial charge on any atom is -0.294 e. The zero-order valence-corrected chi connectivity index (χ0v) is 17.5. The number of nitrogens with zero attached hydrogens (tertiary/aromatic N) is 1. The molecule has 1 unspecified atom stereocenters. The summed E-state index contributed by atoms with van der Waals surface area (Å²) in [6.45, 7) is 10.7. The molecule has 1 aliphatic heterocycles. The van der Waals surface area contributed by atoms with Gasteiger partial charge in [-0.2, -0.15) is 4.31 Å². The van der Waals surface area contributed by atoms with Crippen LogP contribution in [0.3, 0.4) is 0 Å². The van der Waals surface area contributed by atoms with E-state index in [1.54, 1.807) is 24.3 Å². The molecule has 4 nitrogen and oxygen atoms in total. The molecule has 5 heteroatoms. The monoisotopic (exact) mass is 397 g/mol. The average molecular weight is 398 g/mol. The summed E-state index contributed by atoms with van der Waals surface area (Å²) < 4.78 is 27.5. The number of rotatable bonds is 6. The predicted octanol–water partition coefficient (Wildman–Crippen LogP) is 4.47. The number of benzene rings is 2. The van der Waals surface area contributed by atoms with Crippen LogP contribution in [0.5, 0.6) is 0 Å². The van der Waals surface area contributed by atoms with Crippen molar-refractivity contribution in [2.75, 3.05) is 13.1 Å². The van der Waals surface area contributed by atoms with Gasteiger partial charge in [0.1, 0.15) is 0 Å². The minimum atomic E-state index is -3.57. The molecule has 0 N–H and O–H groups in total. The Morgan fingerprint density at radius 1 is 1.11 bits per heavy atom.